The van der Waals surface area contributed by atoms with E-state index in [1.165, 1.54) is 18.2 Å². The Morgan fingerprint density at radius 3 is 2.31 bits per heavy atom. The van der Waals surface area contributed by atoms with Crippen LogP contribution in [0.2, 0.25) is 0 Å². The molecule has 2 aromatic carbocycles. The molecule has 3 rings (SSSR count). The van der Waals surface area contributed by atoms with Crippen molar-refractivity contribution in [3.05, 3.63) is 53.8 Å². The van der Waals surface area contributed by atoms with Crippen molar-refractivity contribution in [3.8, 4) is 0 Å². The average Bonchev–Trinajstić information content (AvgIpc) is 3.20. The monoisotopic (exact) mass is 441 g/mol. The molecule has 1 N–H and O–H groups in total. The van der Waals surface area contributed by atoms with Gasteiger partial charge in [0.05, 0.1) is 20.8 Å². The first-order valence-corrected chi connectivity index (χ1v) is 12.3. The summed E-state index contributed by atoms with van der Waals surface area (Å²) >= 11 is 0. The van der Waals surface area contributed by atoms with Gasteiger partial charge in [-0.2, -0.15) is 0 Å². The van der Waals surface area contributed by atoms with E-state index in [9.17, 15) is 21.2 Å². The van der Waals surface area contributed by atoms with Crippen molar-refractivity contribution in [1.82, 2.24) is 4.72 Å². The second kappa shape index (κ2) is 8.51. The summed E-state index contributed by atoms with van der Waals surface area (Å²) in [7, 11) is -7.94. The lowest BCUT2D eigenvalue weighted by atomic mass is 10.0. The lowest BCUT2D eigenvalue weighted by Gasteiger charge is -2.17. The molecule has 0 bridgehead atoms. The van der Waals surface area contributed by atoms with Crippen molar-refractivity contribution >= 4 is 19.9 Å². The summed E-state index contributed by atoms with van der Waals surface area (Å²) in [6.45, 7) is 4.41. The van der Waals surface area contributed by atoms with Crippen molar-refractivity contribution in [3.63, 3.8) is 0 Å². The number of sulfonamides is 1. The third-order valence-electron chi connectivity index (χ3n) is 4.86. The summed E-state index contributed by atoms with van der Waals surface area (Å²) in [5.74, 6) is -0.687. The summed E-state index contributed by atoms with van der Waals surface area (Å²) in [6.07, 6.45) is 1.48. The number of ether oxygens (including phenoxy) is 1. The maximum atomic E-state index is 13.2. The maximum Gasteiger partial charge on any atom is 0.240 e. The van der Waals surface area contributed by atoms with E-state index in [0.717, 1.165) is 37.1 Å². The minimum absolute atomic E-state index is 0.0753. The van der Waals surface area contributed by atoms with E-state index in [2.05, 4.69) is 4.72 Å². The van der Waals surface area contributed by atoms with E-state index in [1.807, 2.05) is 13.8 Å². The van der Waals surface area contributed by atoms with Gasteiger partial charge in [0.15, 0.2) is 0 Å². The molecule has 1 aliphatic rings. The van der Waals surface area contributed by atoms with Crippen LogP contribution >= 0.6 is 0 Å². The Balaban J connectivity index is 2.00. The fourth-order valence-electron chi connectivity index (χ4n) is 3.23. The number of rotatable bonds is 7. The van der Waals surface area contributed by atoms with Gasteiger partial charge < -0.3 is 4.74 Å². The molecule has 0 aromatic heterocycles. The molecule has 1 aliphatic heterocycles. The van der Waals surface area contributed by atoms with Crippen LogP contribution in [0.5, 0.6) is 0 Å². The van der Waals surface area contributed by atoms with Crippen LogP contribution in [0.4, 0.5) is 4.39 Å². The molecule has 1 saturated heterocycles. The number of sulfone groups is 1. The van der Waals surface area contributed by atoms with Crippen LogP contribution in [0.1, 0.15) is 38.2 Å². The first-order valence-electron chi connectivity index (χ1n) is 9.37. The van der Waals surface area contributed by atoms with E-state index in [-0.39, 0.29) is 33.3 Å². The van der Waals surface area contributed by atoms with Gasteiger partial charge in [0, 0.05) is 13.2 Å². The van der Waals surface area contributed by atoms with E-state index in [0.29, 0.717) is 12.2 Å². The van der Waals surface area contributed by atoms with Crippen molar-refractivity contribution in [2.24, 2.45) is 0 Å². The van der Waals surface area contributed by atoms with Crippen LogP contribution in [-0.2, 0) is 24.6 Å². The largest absolute Gasteiger partial charge is 0.377 e. The molecule has 0 radical (unpaired) electrons. The predicted octanol–water partition coefficient (Wildman–Crippen LogP) is 3.24. The topological polar surface area (TPSA) is 89.5 Å². The first kappa shape index (κ1) is 21.9. The van der Waals surface area contributed by atoms with Gasteiger partial charge in [-0.25, -0.2) is 25.9 Å². The molecular weight excluding hydrogens is 417 g/mol. The maximum absolute atomic E-state index is 13.2. The standard InChI is InChI=1S/C20H24FNO5S2/c1-14(2)19-10-9-18(28(23,24)17-7-5-15(21)6-8-17)12-20(19)29(25,26)22-13-16-4-3-11-27-16/h5-10,12,14,16,22H,3-4,11,13H2,1-2H3. The van der Waals surface area contributed by atoms with Crippen molar-refractivity contribution in [2.75, 3.05) is 13.2 Å². The number of hydrogen-bond acceptors (Lipinski definition) is 5. The van der Waals surface area contributed by atoms with Gasteiger partial charge in [-0.15, -0.1) is 0 Å². The number of halogens is 1. The zero-order valence-corrected chi connectivity index (χ0v) is 17.9. The SMILES string of the molecule is CC(C)c1ccc(S(=O)(=O)c2ccc(F)cc2)cc1S(=O)(=O)NCC1CCCO1. The fraction of sp³-hybridized carbons (Fsp3) is 0.400. The fourth-order valence-corrected chi connectivity index (χ4v) is 6.05. The normalized spacial score (nSPS) is 17.7. The zero-order chi connectivity index (χ0) is 21.2. The van der Waals surface area contributed by atoms with Gasteiger partial charge in [0.25, 0.3) is 0 Å². The highest BCUT2D eigenvalue weighted by molar-refractivity contribution is 7.91. The molecule has 158 valence electrons. The molecule has 0 amide bonds. The summed E-state index contributed by atoms with van der Waals surface area (Å²) < 4.78 is 72.9. The summed E-state index contributed by atoms with van der Waals surface area (Å²) in [5.41, 5.74) is 0.517. The molecular formula is C20H24FNO5S2. The molecule has 6 nitrogen and oxygen atoms in total. The molecule has 1 unspecified atom stereocenters. The molecule has 1 heterocycles. The highest BCUT2D eigenvalue weighted by Gasteiger charge is 2.27. The second-order valence-corrected chi connectivity index (χ2v) is 11.0. The van der Waals surface area contributed by atoms with Crippen molar-refractivity contribution < 1.29 is 26.0 Å². The van der Waals surface area contributed by atoms with Gasteiger partial charge in [0.2, 0.25) is 19.9 Å². The second-order valence-electron chi connectivity index (χ2n) is 7.30. The van der Waals surface area contributed by atoms with Gasteiger partial charge >= 0.3 is 0 Å². The Morgan fingerprint density at radius 2 is 1.72 bits per heavy atom. The highest BCUT2D eigenvalue weighted by atomic mass is 32.2. The highest BCUT2D eigenvalue weighted by Crippen LogP contribution is 2.29. The third-order valence-corrected chi connectivity index (χ3v) is 8.10. The molecule has 0 aliphatic carbocycles. The van der Waals surface area contributed by atoms with Gasteiger partial charge in [-0.3, -0.25) is 0 Å². The van der Waals surface area contributed by atoms with Gasteiger partial charge in [-0.05, 0) is 60.7 Å². The number of nitrogens with one attached hydrogen (secondary N) is 1. The third kappa shape index (κ3) is 4.85. The van der Waals surface area contributed by atoms with Crippen LogP contribution in [0.25, 0.3) is 0 Å². The number of hydrogen-bond donors (Lipinski definition) is 1. The molecule has 29 heavy (non-hydrogen) atoms. The van der Waals surface area contributed by atoms with Crippen molar-refractivity contribution in [1.29, 1.82) is 0 Å². The van der Waals surface area contributed by atoms with Crippen LogP contribution in [0, 0.1) is 5.82 Å². The lowest BCUT2D eigenvalue weighted by Crippen LogP contribution is -2.32. The lowest BCUT2D eigenvalue weighted by molar-refractivity contribution is 0.114. The van der Waals surface area contributed by atoms with Crippen LogP contribution in [0.3, 0.4) is 0 Å². The van der Waals surface area contributed by atoms with Crippen LogP contribution in [-0.4, -0.2) is 36.1 Å². The summed E-state index contributed by atoms with van der Waals surface area (Å²) in [4.78, 5) is -0.341. The summed E-state index contributed by atoms with van der Waals surface area (Å²) in [5, 5.41) is 0. The Morgan fingerprint density at radius 1 is 1.07 bits per heavy atom. The van der Waals surface area contributed by atoms with E-state index >= 15 is 0 Å². The molecule has 1 fully saturated rings. The van der Waals surface area contributed by atoms with Gasteiger partial charge in [-0.1, -0.05) is 19.9 Å². The minimum atomic E-state index is -4.00. The van der Waals surface area contributed by atoms with E-state index in [4.69, 9.17) is 4.74 Å². The average molecular weight is 442 g/mol. The molecule has 9 heteroatoms. The van der Waals surface area contributed by atoms with Crippen LogP contribution in [0.15, 0.2) is 57.2 Å². The summed E-state index contributed by atoms with van der Waals surface area (Å²) in [6, 6.07) is 8.49. The smallest absolute Gasteiger partial charge is 0.240 e. The molecule has 2 aromatic rings. The minimum Gasteiger partial charge on any atom is -0.377 e. The first-order chi connectivity index (χ1) is 13.6. The Hall–Kier alpha value is -1.81. The Labute approximate surface area is 171 Å². The Kier molecular flexibility index (Phi) is 6.42. The molecule has 0 saturated carbocycles. The van der Waals surface area contributed by atoms with Gasteiger partial charge in [0.1, 0.15) is 5.82 Å². The predicted molar refractivity (Wildman–Crippen MR) is 107 cm³/mol. The van der Waals surface area contributed by atoms with E-state index < -0.39 is 25.7 Å². The quantitative estimate of drug-likeness (QED) is 0.667. The van der Waals surface area contributed by atoms with Crippen molar-refractivity contribution in [2.45, 2.75) is 53.4 Å². The molecule has 1 atom stereocenters. The van der Waals surface area contributed by atoms with E-state index in [1.54, 1.807) is 0 Å². The molecule has 0 spiro atoms. The Bertz CT molecular complexity index is 1070. The zero-order valence-electron chi connectivity index (χ0n) is 16.3. The number of benzene rings is 2. The van der Waals surface area contributed by atoms with Crippen LogP contribution < -0.4 is 4.72 Å².